The minimum atomic E-state index is 0.778. The molecule has 3 aromatic rings. The molecule has 19 heavy (non-hydrogen) atoms. The maximum atomic E-state index is 4.31. The maximum Gasteiger partial charge on any atom is 0.162 e. The van der Waals surface area contributed by atoms with Crippen molar-refractivity contribution in [2.45, 2.75) is 0 Å². The number of hydrogen-bond acceptors (Lipinski definition) is 3. The molecule has 3 rings (SSSR count). The summed E-state index contributed by atoms with van der Waals surface area (Å²) < 4.78 is 1.67. The molecule has 0 unspecified atom stereocenters. The van der Waals surface area contributed by atoms with Gasteiger partial charge in [-0.15, -0.1) is 5.11 Å². The minimum absolute atomic E-state index is 0.778. The largest absolute Gasteiger partial charge is 0.235 e. The Morgan fingerprint density at radius 2 is 1.53 bits per heavy atom. The Hall–Kier alpha value is -2.75. The van der Waals surface area contributed by atoms with E-state index in [0.717, 1.165) is 17.1 Å². The van der Waals surface area contributed by atoms with Crippen molar-refractivity contribution in [3.05, 3.63) is 73.1 Å². The van der Waals surface area contributed by atoms with Crippen LogP contribution in [0.3, 0.4) is 0 Å². The Balaban J connectivity index is 1.91. The molecule has 0 aliphatic carbocycles. The molecule has 1 aromatic heterocycles. The van der Waals surface area contributed by atoms with Crippen molar-refractivity contribution in [1.82, 2.24) is 9.66 Å². The maximum absolute atomic E-state index is 4.31. The van der Waals surface area contributed by atoms with Gasteiger partial charge >= 0.3 is 0 Å². The van der Waals surface area contributed by atoms with Gasteiger partial charge in [0.1, 0.15) is 0 Å². The third kappa shape index (κ3) is 2.57. The summed E-state index contributed by atoms with van der Waals surface area (Å²) in [6.45, 7) is 0. The van der Waals surface area contributed by atoms with Gasteiger partial charge in [0.05, 0.1) is 11.9 Å². The zero-order valence-corrected chi connectivity index (χ0v) is 10.2. The normalized spacial score (nSPS) is 10.9. The van der Waals surface area contributed by atoms with E-state index in [1.165, 1.54) is 0 Å². The Bertz CT molecular complexity index is 672. The van der Waals surface area contributed by atoms with Gasteiger partial charge in [-0.3, -0.25) is 0 Å². The van der Waals surface area contributed by atoms with Crippen LogP contribution in [0, 0.1) is 0 Å². The van der Waals surface area contributed by atoms with E-state index in [4.69, 9.17) is 0 Å². The van der Waals surface area contributed by atoms with Crippen LogP contribution in [0.15, 0.2) is 83.4 Å². The van der Waals surface area contributed by atoms with Crippen molar-refractivity contribution >= 4 is 5.69 Å². The van der Waals surface area contributed by atoms with Gasteiger partial charge < -0.3 is 0 Å². The van der Waals surface area contributed by atoms with Crippen LogP contribution >= 0.6 is 0 Å². The number of rotatable bonds is 3. The molecule has 0 spiro atoms. The van der Waals surface area contributed by atoms with E-state index >= 15 is 0 Å². The van der Waals surface area contributed by atoms with Gasteiger partial charge in [0, 0.05) is 11.8 Å². The molecule has 0 saturated carbocycles. The lowest BCUT2D eigenvalue weighted by molar-refractivity contribution is 0.811. The summed E-state index contributed by atoms with van der Waals surface area (Å²) in [7, 11) is 0. The van der Waals surface area contributed by atoms with Crippen molar-refractivity contribution < 1.29 is 0 Å². The van der Waals surface area contributed by atoms with Gasteiger partial charge in [-0.1, -0.05) is 53.8 Å². The zero-order valence-electron chi connectivity index (χ0n) is 10.2. The van der Waals surface area contributed by atoms with Crippen molar-refractivity contribution in [3.8, 4) is 11.4 Å². The second kappa shape index (κ2) is 5.27. The predicted octanol–water partition coefficient (Wildman–Crippen LogP) is 4.10. The first-order chi connectivity index (χ1) is 9.43. The highest BCUT2D eigenvalue weighted by atomic mass is 15.5. The topological polar surface area (TPSA) is 42.5 Å². The molecule has 0 N–H and O–H groups in total. The first-order valence-electron chi connectivity index (χ1n) is 5.99. The average molecular weight is 248 g/mol. The Morgan fingerprint density at radius 1 is 0.842 bits per heavy atom. The molecule has 0 atom stereocenters. The highest BCUT2D eigenvalue weighted by Crippen LogP contribution is 2.18. The smallest absolute Gasteiger partial charge is 0.162 e. The van der Waals surface area contributed by atoms with Crippen molar-refractivity contribution in [2.24, 2.45) is 10.3 Å². The molecule has 4 nitrogen and oxygen atoms in total. The first kappa shape index (κ1) is 11.3. The molecule has 0 aliphatic rings. The van der Waals surface area contributed by atoms with Crippen LogP contribution in [0.1, 0.15) is 0 Å². The molecule has 92 valence electrons. The lowest BCUT2D eigenvalue weighted by Gasteiger charge is -2.00. The molecule has 0 amide bonds. The highest BCUT2D eigenvalue weighted by molar-refractivity contribution is 5.54. The summed E-state index contributed by atoms with van der Waals surface area (Å²) >= 11 is 0. The Labute approximate surface area is 111 Å². The molecule has 0 saturated heterocycles. The first-order valence-corrected chi connectivity index (χ1v) is 5.99. The van der Waals surface area contributed by atoms with Gasteiger partial charge in [-0.05, 0) is 12.1 Å². The summed E-state index contributed by atoms with van der Waals surface area (Å²) in [6.07, 6.45) is 3.50. The van der Waals surface area contributed by atoms with Crippen molar-refractivity contribution in [2.75, 3.05) is 0 Å². The molecule has 2 aromatic carbocycles. The molecule has 0 bridgehead atoms. The van der Waals surface area contributed by atoms with E-state index in [-0.39, 0.29) is 0 Å². The van der Waals surface area contributed by atoms with Crippen LogP contribution in [-0.4, -0.2) is 9.66 Å². The van der Waals surface area contributed by atoms with Gasteiger partial charge in [-0.2, -0.15) is 0 Å². The Morgan fingerprint density at radius 3 is 2.26 bits per heavy atom. The summed E-state index contributed by atoms with van der Waals surface area (Å²) in [4.78, 5) is 4.31. The van der Waals surface area contributed by atoms with Crippen LogP contribution in [0.4, 0.5) is 5.69 Å². The molecular formula is C15H12N4. The minimum Gasteiger partial charge on any atom is -0.235 e. The fourth-order valence-electron chi connectivity index (χ4n) is 1.76. The number of imidazole rings is 1. The van der Waals surface area contributed by atoms with Gasteiger partial charge in [0.2, 0.25) is 0 Å². The SMILES string of the molecule is c1ccc(N=Nn2ccnc2-c2ccccc2)cc1. The van der Waals surface area contributed by atoms with Gasteiger partial charge in [-0.25, -0.2) is 9.66 Å². The summed E-state index contributed by atoms with van der Waals surface area (Å²) in [5, 5.41) is 8.37. The van der Waals surface area contributed by atoms with E-state index in [1.807, 2.05) is 60.7 Å². The fraction of sp³-hybridized carbons (Fsp3) is 0. The second-order valence-corrected chi connectivity index (χ2v) is 3.99. The fourth-order valence-corrected chi connectivity index (χ4v) is 1.76. The Kier molecular flexibility index (Phi) is 3.14. The molecule has 0 aliphatic heterocycles. The van der Waals surface area contributed by atoms with E-state index in [9.17, 15) is 0 Å². The van der Waals surface area contributed by atoms with Crippen LogP contribution in [0.2, 0.25) is 0 Å². The van der Waals surface area contributed by atoms with Crippen LogP contribution in [-0.2, 0) is 0 Å². The van der Waals surface area contributed by atoms with E-state index < -0.39 is 0 Å². The van der Waals surface area contributed by atoms with Crippen LogP contribution in [0.25, 0.3) is 11.4 Å². The molecule has 4 heteroatoms. The molecule has 0 radical (unpaired) electrons. The number of benzene rings is 2. The van der Waals surface area contributed by atoms with Gasteiger partial charge in [0.25, 0.3) is 0 Å². The van der Waals surface area contributed by atoms with Crippen molar-refractivity contribution in [3.63, 3.8) is 0 Å². The van der Waals surface area contributed by atoms with Crippen LogP contribution < -0.4 is 0 Å². The lowest BCUT2D eigenvalue weighted by Crippen LogP contribution is -1.90. The predicted molar refractivity (Wildman–Crippen MR) is 74.0 cm³/mol. The quantitative estimate of drug-likeness (QED) is 0.643. The average Bonchev–Trinajstić information content (AvgIpc) is 2.95. The summed E-state index contributed by atoms with van der Waals surface area (Å²) in [6, 6.07) is 19.5. The third-order valence-electron chi connectivity index (χ3n) is 2.67. The van der Waals surface area contributed by atoms with Crippen molar-refractivity contribution in [1.29, 1.82) is 0 Å². The zero-order chi connectivity index (χ0) is 12.9. The number of aromatic nitrogens is 2. The molecule has 0 fully saturated rings. The monoisotopic (exact) mass is 248 g/mol. The van der Waals surface area contributed by atoms with E-state index in [0.29, 0.717) is 0 Å². The number of nitrogens with zero attached hydrogens (tertiary/aromatic N) is 4. The van der Waals surface area contributed by atoms with E-state index in [1.54, 1.807) is 17.1 Å². The van der Waals surface area contributed by atoms with Crippen LogP contribution in [0.5, 0.6) is 0 Å². The molecular weight excluding hydrogens is 236 g/mol. The standard InChI is InChI=1S/C15H12N4/c1-3-7-13(8-4-1)15-16-11-12-19(15)18-17-14-9-5-2-6-10-14/h1-12H. The third-order valence-corrected chi connectivity index (χ3v) is 2.67. The van der Waals surface area contributed by atoms with Gasteiger partial charge in [0.15, 0.2) is 5.82 Å². The summed E-state index contributed by atoms with van der Waals surface area (Å²) in [5.74, 6) is 0.778. The lowest BCUT2D eigenvalue weighted by atomic mass is 10.2. The highest BCUT2D eigenvalue weighted by Gasteiger charge is 2.03. The van der Waals surface area contributed by atoms with E-state index in [2.05, 4.69) is 15.3 Å². The second-order valence-electron chi connectivity index (χ2n) is 3.99. The molecule has 1 heterocycles. The summed E-state index contributed by atoms with van der Waals surface area (Å²) in [5.41, 5.74) is 1.83. The number of hydrogen-bond donors (Lipinski definition) is 0.